The Balaban J connectivity index is 0.000000505. The predicted octanol–water partition coefficient (Wildman–Crippen LogP) is 5.06. The fraction of sp³-hybridized carbons (Fsp3) is 0.417. The Hall–Kier alpha value is -2.42. The highest BCUT2D eigenvalue weighted by molar-refractivity contribution is 9.11. The lowest BCUT2D eigenvalue weighted by molar-refractivity contribution is -0.192. The zero-order valence-electron chi connectivity index (χ0n) is 20.8. The lowest BCUT2D eigenvalue weighted by Crippen LogP contribution is -2.44. The molecular formula is C24H27BrF3N3O5S2. The molecule has 0 atom stereocenters. The molecule has 0 saturated carbocycles. The Labute approximate surface area is 230 Å². The van der Waals surface area contributed by atoms with E-state index in [1.807, 2.05) is 32.2 Å². The number of carboxylic acids is 1. The standard InChI is InChI=1S/C22H26BrN3O3S2.C2HF3O2/c1-4-15-6-5-7-17-18(22(27)25(3)16-10-12-24(2)13-11-16)14-26(21(15)17)31(28,29)20-9-8-19(23)30-20;3-2(4,5)1(6)7/h5-9,14,16H,4,10-13H2,1-3H3;(H,6,7). The number of piperidine rings is 1. The molecule has 0 spiro atoms. The summed E-state index contributed by atoms with van der Waals surface area (Å²) >= 11 is 4.52. The molecule has 1 aliphatic heterocycles. The number of hydrogen-bond acceptors (Lipinski definition) is 6. The molecule has 0 aliphatic carbocycles. The number of likely N-dealkylation sites (tertiary alicyclic amines) is 1. The van der Waals surface area contributed by atoms with Gasteiger partial charge in [0.05, 0.1) is 14.9 Å². The minimum Gasteiger partial charge on any atom is -0.475 e. The Kier molecular flexibility index (Phi) is 9.32. The molecule has 1 N–H and O–H groups in total. The molecule has 208 valence electrons. The summed E-state index contributed by atoms with van der Waals surface area (Å²) in [5.41, 5.74) is 1.93. The number of benzene rings is 1. The number of thiophene rings is 1. The summed E-state index contributed by atoms with van der Waals surface area (Å²) in [5, 5.41) is 7.81. The second-order valence-electron chi connectivity index (χ2n) is 8.82. The lowest BCUT2D eigenvalue weighted by Gasteiger charge is -2.35. The molecule has 1 saturated heterocycles. The number of carbonyl (C=O) groups excluding carboxylic acids is 1. The number of para-hydroxylation sites is 1. The van der Waals surface area contributed by atoms with E-state index < -0.39 is 22.2 Å². The van der Waals surface area contributed by atoms with Crippen molar-refractivity contribution in [3.63, 3.8) is 0 Å². The molecule has 4 rings (SSSR count). The highest BCUT2D eigenvalue weighted by Crippen LogP contribution is 2.33. The van der Waals surface area contributed by atoms with Crippen LogP contribution in [-0.2, 0) is 21.2 Å². The van der Waals surface area contributed by atoms with Gasteiger partial charge in [-0.15, -0.1) is 11.3 Å². The van der Waals surface area contributed by atoms with E-state index >= 15 is 0 Å². The molecule has 1 amide bonds. The van der Waals surface area contributed by atoms with Gasteiger partial charge in [0.25, 0.3) is 15.9 Å². The molecule has 14 heteroatoms. The number of alkyl halides is 3. The van der Waals surface area contributed by atoms with E-state index in [1.165, 1.54) is 21.5 Å². The number of carboxylic acid groups (broad SMARTS) is 1. The lowest BCUT2D eigenvalue weighted by atomic mass is 10.0. The Bertz CT molecular complexity index is 1430. The van der Waals surface area contributed by atoms with Crippen LogP contribution in [0.5, 0.6) is 0 Å². The summed E-state index contributed by atoms with van der Waals surface area (Å²) in [7, 11) is 0.0983. The fourth-order valence-electron chi connectivity index (χ4n) is 4.24. The average Bonchev–Trinajstić information content (AvgIpc) is 3.48. The second-order valence-corrected chi connectivity index (χ2v) is 13.3. The molecule has 8 nitrogen and oxygen atoms in total. The summed E-state index contributed by atoms with van der Waals surface area (Å²) in [4.78, 5) is 26.5. The largest absolute Gasteiger partial charge is 0.490 e. The van der Waals surface area contributed by atoms with Crippen LogP contribution >= 0.6 is 27.3 Å². The fourth-order valence-corrected chi connectivity index (χ4v) is 7.74. The molecule has 0 radical (unpaired) electrons. The van der Waals surface area contributed by atoms with Crippen LogP contribution < -0.4 is 0 Å². The summed E-state index contributed by atoms with van der Waals surface area (Å²) in [6, 6.07) is 9.14. The van der Waals surface area contributed by atoms with Crippen molar-refractivity contribution >= 4 is 60.1 Å². The number of amides is 1. The third-order valence-corrected chi connectivity index (χ3v) is 10.1. The average molecular weight is 639 g/mol. The minimum absolute atomic E-state index is 0.130. The number of nitrogens with zero attached hydrogens (tertiary/aromatic N) is 3. The van der Waals surface area contributed by atoms with Crippen molar-refractivity contribution in [2.75, 3.05) is 27.2 Å². The van der Waals surface area contributed by atoms with E-state index in [0.717, 1.165) is 35.3 Å². The van der Waals surface area contributed by atoms with E-state index in [4.69, 9.17) is 9.90 Å². The molecule has 2 aromatic heterocycles. The zero-order valence-corrected chi connectivity index (χ0v) is 24.0. The van der Waals surface area contributed by atoms with Gasteiger partial charge in [-0.3, -0.25) is 4.79 Å². The predicted molar refractivity (Wildman–Crippen MR) is 142 cm³/mol. The molecular weight excluding hydrogens is 611 g/mol. The third kappa shape index (κ3) is 6.41. The smallest absolute Gasteiger partial charge is 0.475 e. The summed E-state index contributed by atoms with van der Waals surface area (Å²) in [6.07, 6.45) is -1.07. The van der Waals surface area contributed by atoms with Crippen LogP contribution in [0.4, 0.5) is 13.2 Å². The van der Waals surface area contributed by atoms with E-state index in [2.05, 4.69) is 27.9 Å². The van der Waals surface area contributed by atoms with Gasteiger partial charge in [0, 0.05) is 24.7 Å². The van der Waals surface area contributed by atoms with E-state index in [9.17, 15) is 26.4 Å². The van der Waals surface area contributed by atoms with Gasteiger partial charge in [0.2, 0.25) is 0 Å². The van der Waals surface area contributed by atoms with Crippen molar-refractivity contribution < 1.29 is 36.3 Å². The maximum Gasteiger partial charge on any atom is 0.490 e. The number of halogens is 4. The Morgan fingerprint density at radius 3 is 2.29 bits per heavy atom. The zero-order chi connectivity index (χ0) is 28.4. The summed E-state index contributed by atoms with van der Waals surface area (Å²) < 4.78 is 61.0. The molecule has 0 unspecified atom stereocenters. The van der Waals surface area contributed by atoms with Crippen molar-refractivity contribution in [2.24, 2.45) is 0 Å². The van der Waals surface area contributed by atoms with E-state index in [-0.39, 0.29) is 16.2 Å². The first-order valence-corrected chi connectivity index (χ1v) is 14.6. The van der Waals surface area contributed by atoms with E-state index in [1.54, 1.807) is 17.0 Å². The Morgan fingerprint density at radius 1 is 1.18 bits per heavy atom. The maximum atomic E-state index is 13.5. The Morgan fingerprint density at radius 2 is 1.79 bits per heavy atom. The first kappa shape index (κ1) is 30.1. The van der Waals surface area contributed by atoms with Gasteiger partial charge >= 0.3 is 12.1 Å². The van der Waals surface area contributed by atoms with Crippen molar-refractivity contribution in [1.29, 1.82) is 0 Å². The number of rotatable bonds is 5. The van der Waals surface area contributed by atoms with Crippen LogP contribution in [0.1, 0.15) is 35.7 Å². The third-order valence-electron chi connectivity index (χ3n) is 6.35. The monoisotopic (exact) mass is 637 g/mol. The van der Waals surface area contributed by atoms with Gasteiger partial charge < -0.3 is 14.9 Å². The van der Waals surface area contributed by atoms with Crippen LogP contribution in [0.3, 0.4) is 0 Å². The number of aromatic nitrogens is 1. The highest BCUT2D eigenvalue weighted by Gasteiger charge is 2.38. The summed E-state index contributed by atoms with van der Waals surface area (Å²) in [6.45, 7) is 3.89. The first-order chi connectivity index (χ1) is 17.7. The number of aliphatic carboxylic acids is 1. The van der Waals surface area contributed by atoms with E-state index in [0.29, 0.717) is 22.9 Å². The SMILES string of the molecule is CCc1cccc2c(C(=O)N(C)C3CCN(C)CC3)cn(S(=O)(=O)c3ccc(Br)s3)c12.O=C(O)C(F)(F)F. The van der Waals surface area contributed by atoms with Crippen molar-refractivity contribution in [1.82, 2.24) is 13.8 Å². The van der Waals surface area contributed by atoms with Gasteiger partial charge in [-0.2, -0.15) is 21.6 Å². The molecule has 38 heavy (non-hydrogen) atoms. The number of fused-ring (bicyclic) bond motifs is 1. The van der Waals surface area contributed by atoms with Gasteiger partial charge in [0.1, 0.15) is 4.21 Å². The first-order valence-electron chi connectivity index (χ1n) is 11.6. The molecule has 3 heterocycles. The molecule has 1 fully saturated rings. The van der Waals surface area contributed by atoms with Crippen molar-refractivity contribution in [3.8, 4) is 0 Å². The van der Waals surface area contributed by atoms with Crippen molar-refractivity contribution in [2.45, 2.75) is 42.6 Å². The number of aryl methyl sites for hydroxylation is 1. The summed E-state index contributed by atoms with van der Waals surface area (Å²) in [5.74, 6) is -2.89. The van der Waals surface area contributed by atoms with Gasteiger partial charge in [-0.05, 0) is 73.0 Å². The van der Waals surface area contributed by atoms with Crippen LogP contribution in [0.15, 0.2) is 44.5 Å². The second kappa shape index (κ2) is 11.8. The van der Waals surface area contributed by atoms with Crippen molar-refractivity contribution in [3.05, 3.63) is 51.4 Å². The van der Waals surface area contributed by atoms with Gasteiger partial charge in [-0.1, -0.05) is 25.1 Å². The van der Waals surface area contributed by atoms with Crippen LogP contribution in [-0.4, -0.2) is 78.6 Å². The van der Waals surface area contributed by atoms with Gasteiger partial charge in [0.15, 0.2) is 0 Å². The molecule has 0 bridgehead atoms. The maximum absolute atomic E-state index is 13.5. The minimum atomic E-state index is -5.08. The molecule has 3 aromatic rings. The van der Waals surface area contributed by atoms with Crippen LogP contribution in [0.25, 0.3) is 10.9 Å². The number of carbonyl (C=O) groups is 2. The quantitative estimate of drug-likeness (QED) is 0.420. The normalized spacial score (nSPS) is 15.2. The number of hydrogen-bond donors (Lipinski definition) is 1. The molecule has 1 aromatic carbocycles. The van der Waals surface area contributed by atoms with Crippen LogP contribution in [0.2, 0.25) is 0 Å². The molecule has 1 aliphatic rings. The van der Waals surface area contributed by atoms with Crippen LogP contribution in [0, 0.1) is 0 Å². The topological polar surface area (TPSA) is 99.9 Å². The highest BCUT2D eigenvalue weighted by atomic mass is 79.9. The van der Waals surface area contributed by atoms with Gasteiger partial charge in [-0.25, -0.2) is 8.77 Å².